The number of pyridine rings is 1. The summed E-state index contributed by atoms with van der Waals surface area (Å²) in [6.07, 6.45) is 3.58. The summed E-state index contributed by atoms with van der Waals surface area (Å²) < 4.78 is 1.70. The molecule has 2 aromatic rings. The highest BCUT2D eigenvalue weighted by Gasteiger charge is 2.35. The number of amides is 2. The molecule has 132 valence electrons. The van der Waals surface area contributed by atoms with Gasteiger partial charge in [0.1, 0.15) is 0 Å². The van der Waals surface area contributed by atoms with E-state index in [9.17, 15) is 9.59 Å². The van der Waals surface area contributed by atoms with Crippen molar-refractivity contribution in [3.05, 3.63) is 47.5 Å². The lowest BCUT2D eigenvalue weighted by Gasteiger charge is -2.32. The molecule has 1 unspecified atom stereocenters. The highest BCUT2D eigenvalue weighted by atomic mass is 16.2. The van der Waals surface area contributed by atoms with Crippen LogP contribution in [0.15, 0.2) is 30.6 Å². The van der Waals surface area contributed by atoms with Gasteiger partial charge in [-0.25, -0.2) is 0 Å². The molecule has 7 heteroatoms. The van der Waals surface area contributed by atoms with E-state index in [1.165, 1.54) is 0 Å². The molecule has 25 heavy (non-hydrogen) atoms. The molecule has 3 heterocycles. The third-order valence-corrected chi connectivity index (χ3v) is 4.32. The Morgan fingerprint density at radius 2 is 2.16 bits per heavy atom. The topological polar surface area (TPSA) is 80.1 Å². The second-order valence-corrected chi connectivity index (χ2v) is 6.68. The van der Waals surface area contributed by atoms with Gasteiger partial charge < -0.3 is 10.2 Å². The number of hydrogen-bond acceptors (Lipinski definition) is 4. The smallest absolute Gasteiger partial charge is 0.231 e. The lowest BCUT2D eigenvalue weighted by Crippen LogP contribution is -2.44. The van der Waals surface area contributed by atoms with E-state index in [-0.39, 0.29) is 17.7 Å². The van der Waals surface area contributed by atoms with Crippen LogP contribution in [-0.4, -0.2) is 38.0 Å². The second kappa shape index (κ2) is 7.04. The summed E-state index contributed by atoms with van der Waals surface area (Å²) in [6, 6.07) is 5.58. The van der Waals surface area contributed by atoms with Crippen LogP contribution in [0.2, 0.25) is 0 Å². The van der Waals surface area contributed by atoms with Crippen LogP contribution in [0.3, 0.4) is 0 Å². The molecule has 0 saturated carbocycles. The number of aromatic nitrogens is 3. The monoisotopic (exact) mass is 341 g/mol. The lowest BCUT2D eigenvalue weighted by atomic mass is 9.94. The van der Waals surface area contributed by atoms with Crippen LogP contribution in [0.4, 0.5) is 0 Å². The Hall–Kier alpha value is -2.70. The van der Waals surface area contributed by atoms with Crippen molar-refractivity contribution in [2.75, 3.05) is 6.54 Å². The molecule has 1 N–H and O–H groups in total. The van der Waals surface area contributed by atoms with Gasteiger partial charge in [-0.05, 0) is 12.1 Å². The van der Waals surface area contributed by atoms with Gasteiger partial charge in [-0.15, -0.1) is 0 Å². The van der Waals surface area contributed by atoms with E-state index < -0.39 is 5.92 Å². The first kappa shape index (κ1) is 17.1. The van der Waals surface area contributed by atoms with Crippen LogP contribution in [0.5, 0.6) is 0 Å². The molecule has 1 aliphatic heterocycles. The zero-order chi connectivity index (χ0) is 18.0. The van der Waals surface area contributed by atoms with Crippen LogP contribution in [0.25, 0.3) is 0 Å². The molecule has 1 aliphatic rings. The van der Waals surface area contributed by atoms with Crippen LogP contribution < -0.4 is 5.32 Å². The third kappa shape index (κ3) is 3.70. The van der Waals surface area contributed by atoms with Gasteiger partial charge >= 0.3 is 0 Å². The van der Waals surface area contributed by atoms with E-state index in [0.717, 1.165) is 17.0 Å². The van der Waals surface area contributed by atoms with Crippen molar-refractivity contribution >= 4 is 11.8 Å². The van der Waals surface area contributed by atoms with Gasteiger partial charge in [0.15, 0.2) is 0 Å². The summed E-state index contributed by atoms with van der Waals surface area (Å²) in [4.78, 5) is 31.1. The Bertz CT molecular complexity index is 769. The van der Waals surface area contributed by atoms with Gasteiger partial charge in [-0.1, -0.05) is 19.9 Å². The van der Waals surface area contributed by atoms with Gasteiger partial charge in [-0.2, -0.15) is 5.10 Å². The van der Waals surface area contributed by atoms with Crippen molar-refractivity contribution in [3.63, 3.8) is 0 Å². The van der Waals surface area contributed by atoms with Crippen molar-refractivity contribution in [2.45, 2.75) is 32.9 Å². The molecular weight excluding hydrogens is 318 g/mol. The number of hydrogen-bond donors (Lipinski definition) is 1. The summed E-state index contributed by atoms with van der Waals surface area (Å²) in [5.74, 6) is -0.643. The molecule has 0 spiro atoms. The molecule has 0 bridgehead atoms. The van der Waals surface area contributed by atoms with Crippen LogP contribution in [0, 0.1) is 5.92 Å². The van der Waals surface area contributed by atoms with Gasteiger partial charge in [0.2, 0.25) is 11.8 Å². The fourth-order valence-electron chi connectivity index (χ4n) is 3.09. The fourth-order valence-corrected chi connectivity index (χ4v) is 3.09. The minimum atomic E-state index is -0.462. The Morgan fingerprint density at radius 3 is 2.84 bits per heavy atom. The maximum Gasteiger partial charge on any atom is 0.231 e. The van der Waals surface area contributed by atoms with Crippen molar-refractivity contribution < 1.29 is 9.59 Å². The average Bonchev–Trinajstić information content (AvgIpc) is 2.98. The first-order valence-electron chi connectivity index (χ1n) is 8.44. The van der Waals surface area contributed by atoms with Gasteiger partial charge in [0, 0.05) is 44.0 Å². The molecule has 7 nitrogen and oxygen atoms in total. The van der Waals surface area contributed by atoms with E-state index >= 15 is 0 Å². The van der Waals surface area contributed by atoms with Crippen LogP contribution >= 0.6 is 0 Å². The number of aryl methyl sites for hydroxylation is 1. The number of rotatable bonds is 4. The standard InChI is InChI=1S/C18H23N5O2/c1-12(2)18(25)23-10-13-9-22(3)21-16(13)15(11-23)17(24)20-8-14-6-4-5-7-19-14/h4-7,9,12,15H,8,10-11H2,1-3H3,(H,20,24). The maximum absolute atomic E-state index is 12.8. The Labute approximate surface area is 147 Å². The molecule has 3 rings (SSSR count). The quantitative estimate of drug-likeness (QED) is 0.906. The largest absolute Gasteiger partial charge is 0.350 e. The SMILES string of the molecule is CC(C)C(=O)N1Cc2cn(C)nc2C(C(=O)NCc2ccccn2)C1. The number of nitrogens with zero attached hydrogens (tertiary/aromatic N) is 4. The van der Waals surface area contributed by atoms with Crippen molar-refractivity contribution in [1.82, 2.24) is 25.0 Å². The Kier molecular flexibility index (Phi) is 4.83. The van der Waals surface area contributed by atoms with E-state index in [1.54, 1.807) is 15.8 Å². The van der Waals surface area contributed by atoms with Crippen LogP contribution in [-0.2, 0) is 29.7 Å². The maximum atomic E-state index is 12.8. The highest BCUT2D eigenvalue weighted by Crippen LogP contribution is 2.28. The summed E-state index contributed by atoms with van der Waals surface area (Å²) in [5, 5.41) is 7.37. The van der Waals surface area contributed by atoms with E-state index in [4.69, 9.17) is 0 Å². The minimum Gasteiger partial charge on any atom is -0.350 e. The third-order valence-electron chi connectivity index (χ3n) is 4.32. The fraction of sp³-hybridized carbons (Fsp3) is 0.444. The van der Waals surface area contributed by atoms with Crippen LogP contribution in [0.1, 0.15) is 36.7 Å². The van der Waals surface area contributed by atoms with Gasteiger partial charge in [0.25, 0.3) is 0 Å². The molecule has 0 aromatic carbocycles. The molecule has 2 amide bonds. The Balaban J connectivity index is 1.78. The summed E-state index contributed by atoms with van der Waals surface area (Å²) in [6.45, 7) is 4.96. The zero-order valence-corrected chi connectivity index (χ0v) is 14.8. The van der Waals surface area contributed by atoms with Crippen molar-refractivity contribution in [2.24, 2.45) is 13.0 Å². The molecule has 0 fully saturated rings. The summed E-state index contributed by atoms with van der Waals surface area (Å²) >= 11 is 0. The van der Waals surface area contributed by atoms with E-state index in [1.807, 2.05) is 45.3 Å². The minimum absolute atomic E-state index is 0.0528. The Morgan fingerprint density at radius 1 is 1.36 bits per heavy atom. The first-order valence-corrected chi connectivity index (χ1v) is 8.44. The number of nitrogens with one attached hydrogen (secondary N) is 1. The zero-order valence-electron chi connectivity index (χ0n) is 14.8. The lowest BCUT2D eigenvalue weighted by molar-refractivity contribution is -0.136. The normalized spacial score (nSPS) is 16.6. The number of carbonyl (C=O) groups excluding carboxylic acids is 2. The molecule has 0 radical (unpaired) electrons. The number of carbonyl (C=O) groups is 2. The van der Waals surface area contributed by atoms with Crippen molar-refractivity contribution in [1.29, 1.82) is 0 Å². The van der Waals surface area contributed by atoms with Gasteiger partial charge in [0.05, 0.1) is 23.9 Å². The molecule has 0 aliphatic carbocycles. The van der Waals surface area contributed by atoms with E-state index in [2.05, 4.69) is 15.4 Å². The molecular formula is C18H23N5O2. The highest BCUT2D eigenvalue weighted by molar-refractivity contribution is 5.86. The summed E-state index contributed by atoms with van der Waals surface area (Å²) in [7, 11) is 1.83. The molecule has 1 atom stereocenters. The second-order valence-electron chi connectivity index (χ2n) is 6.68. The van der Waals surface area contributed by atoms with Gasteiger partial charge in [-0.3, -0.25) is 19.3 Å². The predicted molar refractivity (Wildman–Crippen MR) is 92.3 cm³/mol. The molecule has 0 saturated heterocycles. The first-order chi connectivity index (χ1) is 12.0. The number of fused-ring (bicyclic) bond motifs is 1. The predicted octanol–water partition coefficient (Wildman–Crippen LogP) is 1.21. The van der Waals surface area contributed by atoms with Crippen molar-refractivity contribution in [3.8, 4) is 0 Å². The van der Waals surface area contributed by atoms with E-state index in [0.29, 0.717) is 19.6 Å². The molecule has 2 aromatic heterocycles. The summed E-state index contributed by atoms with van der Waals surface area (Å²) in [5.41, 5.74) is 2.48. The average molecular weight is 341 g/mol.